The number of para-hydroxylation sites is 1. The van der Waals surface area contributed by atoms with Crippen molar-refractivity contribution in [3.05, 3.63) is 100 Å². The fourth-order valence-corrected chi connectivity index (χ4v) is 4.94. The Bertz CT molecular complexity index is 1580. The number of thioether (sulfide) groups is 1. The molecule has 2 aromatic heterocycles. The van der Waals surface area contributed by atoms with E-state index in [-0.39, 0.29) is 17.2 Å². The first kappa shape index (κ1) is 23.8. The van der Waals surface area contributed by atoms with Crippen LogP contribution in [0.1, 0.15) is 37.3 Å². The lowest BCUT2D eigenvalue weighted by Crippen LogP contribution is -2.24. The third kappa shape index (κ3) is 4.64. The molecule has 0 saturated heterocycles. The predicted octanol–water partition coefficient (Wildman–Crippen LogP) is 4.96. The Hall–Kier alpha value is -3.91. The maximum absolute atomic E-state index is 13.5. The molecule has 0 bridgehead atoms. The number of benzene rings is 3. The van der Waals surface area contributed by atoms with Crippen LogP contribution in [0.3, 0.4) is 0 Å². The van der Waals surface area contributed by atoms with Gasteiger partial charge in [0.15, 0.2) is 5.16 Å². The largest absolute Gasteiger partial charge is 0.351 e. The second-order valence-electron chi connectivity index (χ2n) is 8.73. The van der Waals surface area contributed by atoms with Crippen LogP contribution < -0.4 is 10.9 Å². The number of hydrogen-bond donors (Lipinski definition) is 1. The minimum Gasteiger partial charge on any atom is -0.351 e. The van der Waals surface area contributed by atoms with Crippen molar-refractivity contribution in [3.8, 4) is 5.69 Å². The number of rotatable bonds is 8. The van der Waals surface area contributed by atoms with Gasteiger partial charge in [-0.15, -0.1) is 10.2 Å². The standard InChI is InChI=1S/C28H27N5O2S/c1-3-19(2)21-13-15-22(16-14-21)32-26(35)23-11-7-8-12-24(23)33-27(32)30-31-28(33)36-18-25(34)29-17-20-9-5-4-6-10-20/h4-16,19H,3,17-18H2,1-2H3,(H,29,34). The molecule has 0 aliphatic carbocycles. The summed E-state index contributed by atoms with van der Waals surface area (Å²) >= 11 is 1.30. The first-order chi connectivity index (χ1) is 17.6. The molecule has 1 amide bonds. The second kappa shape index (κ2) is 10.4. The van der Waals surface area contributed by atoms with E-state index in [1.54, 1.807) is 4.57 Å². The highest BCUT2D eigenvalue weighted by molar-refractivity contribution is 7.99. The zero-order valence-corrected chi connectivity index (χ0v) is 21.0. The molecule has 1 atom stereocenters. The van der Waals surface area contributed by atoms with Gasteiger partial charge in [-0.1, -0.05) is 80.2 Å². The number of hydrogen-bond acceptors (Lipinski definition) is 5. The number of carbonyl (C=O) groups is 1. The number of aromatic nitrogens is 4. The lowest BCUT2D eigenvalue weighted by atomic mass is 9.98. The summed E-state index contributed by atoms with van der Waals surface area (Å²) in [5.41, 5.74) is 3.55. The molecule has 7 nitrogen and oxygen atoms in total. The normalized spacial score (nSPS) is 12.2. The van der Waals surface area contributed by atoms with E-state index in [1.807, 2.05) is 71.1 Å². The Labute approximate surface area is 213 Å². The van der Waals surface area contributed by atoms with E-state index < -0.39 is 0 Å². The Balaban J connectivity index is 1.49. The monoisotopic (exact) mass is 497 g/mol. The SMILES string of the molecule is CCC(C)c1ccc(-n2c(=O)c3ccccc3n3c(SCC(=O)NCc4ccccc4)nnc23)cc1. The molecule has 1 N–H and O–H groups in total. The molecule has 182 valence electrons. The average molecular weight is 498 g/mol. The van der Waals surface area contributed by atoms with E-state index in [4.69, 9.17) is 0 Å². The van der Waals surface area contributed by atoms with Crippen molar-refractivity contribution < 1.29 is 4.79 Å². The highest BCUT2D eigenvalue weighted by atomic mass is 32.2. The number of amides is 1. The highest BCUT2D eigenvalue weighted by Crippen LogP contribution is 2.24. The van der Waals surface area contributed by atoms with Crippen LogP contribution in [0, 0.1) is 0 Å². The van der Waals surface area contributed by atoms with Crippen LogP contribution in [-0.4, -0.2) is 30.8 Å². The van der Waals surface area contributed by atoms with Gasteiger partial charge in [-0.2, -0.15) is 0 Å². The molecule has 5 rings (SSSR count). The van der Waals surface area contributed by atoms with Gasteiger partial charge in [0.25, 0.3) is 5.56 Å². The molecule has 1 unspecified atom stereocenters. The summed E-state index contributed by atoms with van der Waals surface area (Å²) in [7, 11) is 0. The Morgan fingerprint density at radius 1 is 0.972 bits per heavy atom. The molecular weight excluding hydrogens is 470 g/mol. The molecule has 8 heteroatoms. The molecule has 5 aromatic rings. The number of nitrogens with one attached hydrogen (secondary N) is 1. The van der Waals surface area contributed by atoms with Gasteiger partial charge in [0.05, 0.1) is 22.3 Å². The summed E-state index contributed by atoms with van der Waals surface area (Å²) in [6.07, 6.45) is 1.04. The van der Waals surface area contributed by atoms with E-state index in [1.165, 1.54) is 17.3 Å². The van der Waals surface area contributed by atoms with E-state index in [9.17, 15) is 9.59 Å². The first-order valence-electron chi connectivity index (χ1n) is 12.0. The molecule has 0 radical (unpaired) electrons. The molecular formula is C28H27N5O2S. The van der Waals surface area contributed by atoms with Crippen molar-refractivity contribution in [2.75, 3.05) is 5.75 Å². The quantitative estimate of drug-likeness (QED) is 0.307. The van der Waals surface area contributed by atoms with Crippen molar-refractivity contribution in [2.24, 2.45) is 0 Å². The molecule has 0 saturated carbocycles. The van der Waals surface area contributed by atoms with Crippen molar-refractivity contribution in [3.63, 3.8) is 0 Å². The average Bonchev–Trinajstić information content (AvgIpc) is 3.35. The van der Waals surface area contributed by atoms with Gasteiger partial charge in [-0.25, -0.2) is 4.57 Å². The zero-order valence-electron chi connectivity index (χ0n) is 20.2. The van der Waals surface area contributed by atoms with Gasteiger partial charge in [0, 0.05) is 6.54 Å². The van der Waals surface area contributed by atoms with Crippen molar-refractivity contribution in [1.29, 1.82) is 0 Å². The fourth-order valence-electron chi connectivity index (χ4n) is 4.17. The van der Waals surface area contributed by atoms with Crippen molar-refractivity contribution in [2.45, 2.75) is 37.9 Å². The smallest absolute Gasteiger partial charge is 0.267 e. The van der Waals surface area contributed by atoms with Gasteiger partial charge >= 0.3 is 0 Å². The lowest BCUT2D eigenvalue weighted by molar-refractivity contribution is -0.118. The molecule has 2 heterocycles. The highest BCUT2D eigenvalue weighted by Gasteiger charge is 2.19. The van der Waals surface area contributed by atoms with Gasteiger partial charge in [0.2, 0.25) is 11.7 Å². The Kier molecular flexibility index (Phi) is 6.86. The molecule has 3 aromatic carbocycles. The van der Waals surface area contributed by atoms with Crippen molar-refractivity contribution >= 4 is 34.3 Å². The Morgan fingerprint density at radius 3 is 2.44 bits per heavy atom. The van der Waals surface area contributed by atoms with Gasteiger partial charge < -0.3 is 5.32 Å². The third-order valence-electron chi connectivity index (χ3n) is 6.39. The zero-order chi connectivity index (χ0) is 25.1. The molecule has 0 fully saturated rings. The van der Waals surface area contributed by atoms with E-state index in [0.717, 1.165) is 17.7 Å². The Morgan fingerprint density at radius 2 is 1.69 bits per heavy atom. The number of nitrogens with zero attached hydrogens (tertiary/aromatic N) is 4. The van der Waals surface area contributed by atoms with Crippen LogP contribution in [0.25, 0.3) is 22.4 Å². The summed E-state index contributed by atoms with van der Waals surface area (Å²) in [4.78, 5) is 26.0. The van der Waals surface area contributed by atoms with Crippen LogP contribution >= 0.6 is 11.8 Å². The van der Waals surface area contributed by atoms with Gasteiger partial charge in [0.1, 0.15) is 0 Å². The minimum absolute atomic E-state index is 0.0983. The predicted molar refractivity (Wildman–Crippen MR) is 144 cm³/mol. The van der Waals surface area contributed by atoms with E-state index in [2.05, 4.69) is 41.5 Å². The van der Waals surface area contributed by atoms with Crippen molar-refractivity contribution in [1.82, 2.24) is 24.5 Å². The van der Waals surface area contributed by atoms with Crippen LogP contribution in [-0.2, 0) is 11.3 Å². The third-order valence-corrected chi connectivity index (χ3v) is 7.32. The maximum atomic E-state index is 13.5. The first-order valence-corrected chi connectivity index (χ1v) is 13.0. The molecule has 0 aliphatic rings. The van der Waals surface area contributed by atoms with E-state index >= 15 is 0 Å². The summed E-state index contributed by atoms with van der Waals surface area (Å²) < 4.78 is 3.45. The number of fused-ring (bicyclic) bond motifs is 3. The molecule has 0 aliphatic heterocycles. The summed E-state index contributed by atoms with van der Waals surface area (Å²) in [6, 6.07) is 25.2. The van der Waals surface area contributed by atoms with Crippen LogP contribution in [0.4, 0.5) is 0 Å². The summed E-state index contributed by atoms with van der Waals surface area (Å²) in [5, 5.41) is 12.8. The summed E-state index contributed by atoms with van der Waals surface area (Å²) in [5.74, 6) is 0.947. The second-order valence-corrected chi connectivity index (χ2v) is 9.67. The molecule has 0 spiro atoms. The van der Waals surface area contributed by atoms with Crippen LogP contribution in [0.5, 0.6) is 0 Å². The summed E-state index contributed by atoms with van der Waals surface area (Å²) in [6.45, 7) is 4.82. The van der Waals surface area contributed by atoms with E-state index in [0.29, 0.717) is 34.3 Å². The van der Waals surface area contributed by atoms with Crippen LogP contribution in [0.15, 0.2) is 88.8 Å². The number of carbonyl (C=O) groups excluding carboxylic acids is 1. The minimum atomic E-state index is -0.154. The molecule has 36 heavy (non-hydrogen) atoms. The van der Waals surface area contributed by atoms with Gasteiger partial charge in [-0.05, 0) is 47.7 Å². The van der Waals surface area contributed by atoms with Gasteiger partial charge in [-0.3, -0.25) is 14.0 Å². The lowest BCUT2D eigenvalue weighted by Gasteiger charge is -2.13. The fraction of sp³-hybridized carbons (Fsp3) is 0.214. The van der Waals surface area contributed by atoms with Crippen LogP contribution in [0.2, 0.25) is 0 Å². The maximum Gasteiger partial charge on any atom is 0.267 e. The topological polar surface area (TPSA) is 81.3 Å².